The first kappa shape index (κ1) is 25.9. The molecule has 2 aliphatic carbocycles. The van der Waals surface area contributed by atoms with Gasteiger partial charge in [0.1, 0.15) is 11.5 Å². The fourth-order valence-corrected chi connectivity index (χ4v) is 7.24. The lowest BCUT2D eigenvalue weighted by atomic mass is 9.61. The molecule has 3 heterocycles. The summed E-state index contributed by atoms with van der Waals surface area (Å²) in [6.45, 7) is 2.43. The zero-order valence-electron chi connectivity index (χ0n) is 22.3. The van der Waals surface area contributed by atoms with E-state index in [1.54, 1.807) is 6.20 Å². The highest BCUT2D eigenvalue weighted by atomic mass is 35.5. The summed E-state index contributed by atoms with van der Waals surface area (Å²) >= 11 is 13.0. The number of carboxylic acids is 1. The highest BCUT2D eigenvalue weighted by Gasteiger charge is 2.47. The van der Waals surface area contributed by atoms with Crippen molar-refractivity contribution < 1.29 is 19.2 Å². The number of hydrogen-bond donors (Lipinski definition) is 1. The number of fused-ring (bicyclic) bond motifs is 1. The van der Waals surface area contributed by atoms with Crippen molar-refractivity contribution in [2.75, 3.05) is 18.0 Å². The van der Waals surface area contributed by atoms with Gasteiger partial charge in [0.05, 0.1) is 33.8 Å². The average molecular weight is 581 g/mol. The number of piperidine rings is 1. The van der Waals surface area contributed by atoms with Crippen LogP contribution >= 0.6 is 23.2 Å². The molecular weight excluding hydrogens is 549 g/mol. The Hall–Kier alpha value is -3.00. The molecule has 40 heavy (non-hydrogen) atoms. The van der Waals surface area contributed by atoms with Crippen LogP contribution in [0.1, 0.15) is 66.1 Å². The van der Waals surface area contributed by atoms with Crippen molar-refractivity contribution >= 4 is 45.8 Å². The summed E-state index contributed by atoms with van der Waals surface area (Å²) in [7, 11) is 1.90. The predicted octanol–water partition coefficient (Wildman–Crippen LogP) is 7.68. The molecule has 3 fully saturated rings. The Morgan fingerprint density at radius 2 is 1.88 bits per heavy atom. The van der Waals surface area contributed by atoms with Gasteiger partial charge in [-0.15, -0.1) is 0 Å². The van der Waals surface area contributed by atoms with Crippen LogP contribution < -0.4 is 4.90 Å². The van der Waals surface area contributed by atoms with E-state index in [2.05, 4.69) is 22.2 Å². The number of aromatic carboxylic acids is 1. The summed E-state index contributed by atoms with van der Waals surface area (Å²) in [4.78, 5) is 14.0. The molecule has 2 aromatic heterocycles. The van der Waals surface area contributed by atoms with Gasteiger partial charge in [0.15, 0.2) is 0 Å². The van der Waals surface area contributed by atoms with Gasteiger partial charge >= 0.3 is 5.97 Å². The number of ether oxygens (including phenoxy) is 1. The second-order valence-corrected chi connectivity index (χ2v) is 12.5. The van der Waals surface area contributed by atoms with E-state index >= 15 is 0 Å². The van der Waals surface area contributed by atoms with E-state index in [9.17, 15) is 9.90 Å². The third kappa shape index (κ3) is 4.48. The van der Waals surface area contributed by atoms with Gasteiger partial charge in [-0.3, -0.25) is 0 Å². The molecule has 1 aliphatic heterocycles. The van der Waals surface area contributed by atoms with Gasteiger partial charge in [0.25, 0.3) is 0 Å². The number of benzene rings is 2. The van der Waals surface area contributed by atoms with E-state index in [0.717, 1.165) is 79.5 Å². The van der Waals surface area contributed by atoms with Crippen molar-refractivity contribution in [1.29, 1.82) is 0 Å². The average Bonchev–Trinajstić information content (AvgIpc) is 3.60. The highest BCUT2D eigenvalue weighted by Crippen LogP contribution is 2.52. The van der Waals surface area contributed by atoms with E-state index in [1.165, 1.54) is 0 Å². The monoisotopic (exact) mass is 579 g/mol. The maximum absolute atomic E-state index is 11.6. The van der Waals surface area contributed by atoms with Crippen LogP contribution in [0.15, 0.2) is 47.1 Å². The fraction of sp³-hybridized carbons (Fsp3) is 0.419. The summed E-state index contributed by atoms with van der Waals surface area (Å²) in [5, 5.41) is 15.8. The van der Waals surface area contributed by atoms with E-state index in [4.69, 9.17) is 32.5 Å². The molecule has 7 nitrogen and oxygen atoms in total. The normalized spacial score (nSPS) is 18.9. The van der Waals surface area contributed by atoms with Crippen LogP contribution in [0.3, 0.4) is 0 Å². The van der Waals surface area contributed by atoms with E-state index in [1.807, 2.05) is 35.9 Å². The number of anilines is 1. The Labute approximate surface area is 242 Å². The molecule has 1 saturated heterocycles. The van der Waals surface area contributed by atoms with Gasteiger partial charge in [0, 0.05) is 54.5 Å². The lowest BCUT2D eigenvalue weighted by Crippen LogP contribution is -2.50. The van der Waals surface area contributed by atoms with Crippen LogP contribution in [0.2, 0.25) is 10.0 Å². The molecule has 208 valence electrons. The van der Waals surface area contributed by atoms with Gasteiger partial charge in [-0.2, -0.15) is 0 Å². The quantitative estimate of drug-likeness (QED) is 0.242. The minimum absolute atomic E-state index is 0.220. The van der Waals surface area contributed by atoms with Crippen LogP contribution in [0, 0.1) is 5.41 Å². The minimum atomic E-state index is -0.892. The van der Waals surface area contributed by atoms with Crippen LogP contribution in [0.5, 0.6) is 0 Å². The smallest absolute Gasteiger partial charge is 0.337 e. The molecule has 0 bridgehead atoms. The highest BCUT2D eigenvalue weighted by molar-refractivity contribution is 6.39. The lowest BCUT2D eigenvalue weighted by molar-refractivity contribution is -0.0979. The molecule has 1 spiro atoms. The molecule has 0 amide bonds. The van der Waals surface area contributed by atoms with Gasteiger partial charge in [-0.05, 0) is 74.3 Å². The van der Waals surface area contributed by atoms with Gasteiger partial charge in [-0.25, -0.2) is 4.79 Å². The fourth-order valence-electron chi connectivity index (χ4n) is 6.66. The lowest BCUT2D eigenvalue weighted by Gasteiger charge is -2.52. The molecular formula is C31H31Cl2N3O4. The third-order valence-corrected chi connectivity index (χ3v) is 9.77. The standard InChI is InChI=1S/C31H31Cl2N3O4/c1-35-16-22(30(37)38)21-8-7-19(13-26(21)35)36-11-9-31(10-12-36)14-20(15-31)39-17-23-28(34-40-29(23)18-5-6-18)27-24(32)3-2-4-25(27)33/h2-4,7-8,13,16,18,20H,5-6,9-12,14-15,17H2,1H3,(H,37,38). The summed E-state index contributed by atoms with van der Waals surface area (Å²) in [6, 6.07) is 11.6. The third-order valence-electron chi connectivity index (χ3n) is 9.14. The van der Waals surface area contributed by atoms with Crippen LogP contribution in [0.25, 0.3) is 22.2 Å². The van der Waals surface area contributed by atoms with Gasteiger partial charge < -0.3 is 23.8 Å². The first-order valence-electron chi connectivity index (χ1n) is 13.9. The van der Waals surface area contributed by atoms with Gasteiger partial charge in [-0.1, -0.05) is 34.4 Å². The van der Waals surface area contributed by atoms with Crippen molar-refractivity contribution in [2.24, 2.45) is 12.5 Å². The molecule has 2 saturated carbocycles. The second kappa shape index (κ2) is 9.82. The maximum Gasteiger partial charge on any atom is 0.337 e. The topological polar surface area (TPSA) is 80.7 Å². The molecule has 7 rings (SSSR count). The molecule has 4 aromatic rings. The zero-order chi connectivity index (χ0) is 27.6. The molecule has 3 aliphatic rings. The number of nitrogens with zero attached hydrogens (tertiary/aromatic N) is 3. The van der Waals surface area contributed by atoms with Crippen molar-refractivity contribution in [2.45, 2.75) is 57.2 Å². The van der Waals surface area contributed by atoms with Crippen LogP contribution in [-0.4, -0.2) is 40.0 Å². The number of carboxylic acid groups (broad SMARTS) is 1. The number of halogens is 2. The van der Waals surface area contributed by atoms with Gasteiger partial charge in [0.2, 0.25) is 0 Å². The van der Waals surface area contributed by atoms with E-state index in [-0.39, 0.29) is 6.10 Å². The molecule has 1 N–H and O–H groups in total. The summed E-state index contributed by atoms with van der Waals surface area (Å²) < 4.78 is 14.1. The SMILES string of the molecule is Cn1cc(C(=O)O)c2ccc(N3CCC4(CC3)CC(OCc3c(-c5c(Cl)cccc5Cl)noc3C3CC3)C4)cc21. The zero-order valence-corrected chi connectivity index (χ0v) is 23.8. The molecule has 0 unspecified atom stereocenters. The Morgan fingerprint density at radius 3 is 2.55 bits per heavy atom. The summed E-state index contributed by atoms with van der Waals surface area (Å²) in [5.74, 6) is 0.430. The van der Waals surface area contributed by atoms with E-state index in [0.29, 0.717) is 44.8 Å². The summed E-state index contributed by atoms with van der Waals surface area (Å²) in [5.41, 5.74) is 5.17. The minimum Gasteiger partial charge on any atom is -0.478 e. The van der Waals surface area contributed by atoms with Crippen molar-refractivity contribution in [3.8, 4) is 11.3 Å². The Kier molecular flexibility index (Phi) is 6.37. The van der Waals surface area contributed by atoms with Crippen molar-refractivity contribution in [3.63, 3.8) is 0 Å². The summed E-state index contributed by atoms with van der Waals surface area (Å²) in [6.07, 6.45) is 8.50. The second-order valence-electron chi connectivity index (χ2n) is 11.7. The first-order valence-corrected chi connectivity index (χ1v) is 14.7. The largest absolute Gasteiger partial charge is 0.478 e. The van der Waals surface area contributed by atoms with Crippen molar-refractivity contribution in [3.05, 3.63) is 69.5 Å². The Bertz CT molecular complexity index is 1590. The molecule has 0 radical (unpaired) electrons. The maximum atomic E-state index is 11.6. The number of aryl methyl sites for hydroxylation is 1. The Balaban J connectivity index is 0.995. The first-order chi connectivity index (χ1) is 19.3. The molecule has 2 aromatic carbocycles. The molecule has 9 heteroatoms. The van der Waals surface area contributed by atoms with Crippen molar-refractivity contribution in [1.82, 2.24) is 9.72 Å². The van der Waals surface area contributed by atoms with Crippen LogP contribution in [-0.2, 0) is 18.4 Å². The number of hydrogen-bond acceptors (Lipinski definition) is 5. The number of rotatable bonds is 7. The Morgan fingerprint density at radius 1 is 1.15 bits per heavy atom. The number of aromatic nitrogens is 2. The molecule has 0 atom stereocenters. The van der Waals surface area contributed by atoms with E-state index < -0.39 is 5.97 Å². The number of carbonyl (C=O) groups is 1. The van der Waals surface area contributed by atoms with Crippen LogP contribution in [0.4, 0.5) is 5.69 Å². The predicted molar refractivity (Wildman–Crippen MR) is 156 cm³/mol.